The molecule has 2 rings (SSSR count). The van der Waals surface area contributed by atoms with Crippen molar-refractivity contribution in [1.82, 2.24) is 10.2 Å². The molecular weight excluding hydrogens is 296 g/mol. The van der Waals surface area contributed by atoms with E-state index in [2.05, 4.69) is 31.4 Å². The highest BCUT2D eigenvalue weighted by atomic mass is 79.9. The fourth-order valence-electron chi connectivity index (χ4n) is 1.77. The fraction of sp³-hybridized carbons (Fsp3) is 0.167. The number of nitrogens with two attached hydrogens (primary N) is 1. The Kier molecular flexibility index (Phi) is 3.38. The molecule has 0 bridgehead atoms. The SMILES string of the molecule is Cc1cc(Br)cc(C)c1NC(=O)c1cn[nH]c1N. The van der Waals surface area contributed by atoms with Crippen molar-refractivity contribution >= 4 is 33.3 Å². The number of halogens is 1. The summed E-state index contributed by atoms with van der Waals surface area (Å²) in [6.45, 7) is 3.87. The van der Waals surface area contributed by atoms with Gasteiger partial charge in [-0.05, 0) is 37.1 Å². The van der Waals surface area contributed by atoms with E-state index in [0.717, 1.165) is 21.3 Å². The van der Waals surface area contributed by atoms with Crippen LogP contribution in [0.5, 0.6) is 0 Å². The minimum atomic E-state index is -0.269. The number of benzene rings is 1. The smallest absolute Gasteiger partial charge is 0.261 e. The number of amides is 1. The standard InChI is InChI=1S/C12H13BrN4O/c1-6-3-8(13)4-7(2)10(6)16-12(18)9-5-15-17-11(9)14/h3-5H,1-2H3,(H,16,18)(H3,14,15,17). The maximum Gasteiger partial charge on any atom is 0.261 e. The second-order valence-corrected chi connectivity index (χ2v) is 4.98. The number of H-pyrrole nitrogens is 1. The van der Waals surface area contributed by atoms with E-state index in [1.807, 2.05) is 26.0 Å². The number of nitrogens with one attached hydrogen (secondary N) is 2. The summed E-state index contributed by atoms with van der Waals surface area (Å²) >= 11 is 3.42. The lowest BCUT2D eigenvalue weighted by molar-refractivity contribution is 0.102. The third-order valence-corrected chi connectivity index (χ3v) is 3.11. The number of carbonyl (C=O) groups excluding carboxylic acids is 1. The van der Waals surface area contributed by atoms with Crippen LogP contribution in [-0.2, 0) is 0 Å². The molecule has 0 radical (unpaired) electrons. The second-order valence-electron chi connectivity index (χ2n) is 4.07. The number of hydrogen-bond acceptors (Lipinski definition) is 3. The van der Waals surface area contributed by atoms with E-state index in [0.29, 0.717) is 5.56 Å². The number of hydrogen-bond donors (Lipinski definition) is 3. The van der Waals surface area contributed by atoms with Crippen LogP contribution in [0.15, 0.2) is 22.8 Å². The Bertz CT molecular complexity index is 583. The van der Waals surface area contributed by atoms with E-state index in [-0.39, 0.29) is 11.7 Å². The molecule has 0 aliphatic carbocycles. The van der Waals surface area contributed by atoms with Crippen molar-refractivity contribution in [2.24, 2.45) is 0 Å². The summed E-state index contributed by atoms with van der Waals surface area (Å²) < 4.78 is 0.985. The summed E-state index contributed by atoms with van der Waals surface area (Å²) in [6, 6.07) is 3.89. The quantitative estimate of drug-likeness (QED) is 0.797. The number of nitrogens with zero attached hydrogens (tertiary/aromatic N) is 1. The molecule has 1 aromatic carbocycles. The molecule has 4 N–H and O–H groups in total. The van der Waals surface area contributed by atoms with Gasteiger partial charge in [-0.2, -0.15) is 5.10 Å². The number of aryl methyl sites for hydroxylation is 2. The van der Waals surface area contributed by atoms with Crippen LogP contribution in [0.3, 0.4) is 0 Å². The summed E-state index contributed by atoms with van der Waals surface area (Å²) in [4.78, 5) is 12.0. The van der Waals surface area contributed by atoms with Crippen LogP contribution in [0, 0.1) is 13.8 Å². The molecule has 0 aliphatic rings. The van der Waals surface area contributed by atoms with E-state index in [9.17, 15) is 4.79 Å². The van der Waals surface area contributed by atoms with Gasteiger partial charge in [-0.1, -0.05) is 15.9 Å². The maximum atomic E-state index is 12.0. The lowest BCUT2D eigenvalue weighted by atomic mass is 10.1. The average Bonchev–Trinajstić information content (AvgIpc) is 2.69. The van der Waals surface area contributed by atoms with E-state index in [4.69, 9.17) is 5.73 Å². The fourth-order valence-corrected chi connectivity index (χ4v) is 2.45. The van der Waals surface area contributed by atoms with Crippen LogP contribution in [0.25, 0.3) is 0 Å². The first-order chi connectivity index (χ1) is 8.49. The zero-order valence-corrected chi connectivity index (χ0v) is 11.6. The Morgan fingerprint density at radius 3 is 2.50 bits per heavy atom. The minimum absolute atomic E-state index is 0.264. The normalized spacial score (nSPS) is 10.4. The third kappa shape index (κ3) is 2.38. The van der Waals surface area contributed by atoms with Crippen LogP contribution in [0.1, 0.15) is 21.5 Å². The zero-order chi connectivity index (χ0) is 13.3. The molecule has 0 saturated carbocycles. The first-order valence-corrected chi connectivity index (χ1v) is 6.15. The van der Waals surface area contributed by atoms with Crippen molar-refractivity contribution in [2.75, 3.05) is 11.1 Å². The number of anilines is 2. The van der Waals surface area contributed by atoms with Crippen molar-refractivity contribution in [1.29, 1.82) is 0 Å². The summed E-state index contributed by atoms with van der Waals surface area (Å²) in [5.41, 5.74) is 8.72. The first-order valence-electron chi connectivity index (χ1n) is 5.36. The molecule has 0 spiro atoms. The van der Waals surface area contributed by atoms with Crippen LogP contribution < -0.4 is 11.1 Å². The van der Waals surface area contributed by atoms with Crippen molar-refractivity contribution in [3.8, 4) is 0 Å². The lowest BCUT2D eigenvalue weighted by Crippen LogP contribution is -2.14. The molecule has 6 heteroatoms. The lowest BCUT2D eigenvalue weighted by Gasteiger charge is -2.11. The molecule has 0 unspecified atom stereocenters. The Hall–Kier alpha value is -1.82. The topological polar surface area (TPSA) is 83.8 Å². The van der Waals surface area contributed by atoms with Gasteiger partial charge in [0.05, 0.1) is 6.20 Å². The number of carbonyl (C=O) groups is 1. The number of rotatable bonds is 2. The zero-order valence-electron chi connectivity index (χ0n) is 10.0. The van der Waals surface area contributed by atoms with Crippen LogP contribution in [0.4, 0.5) is 11.5 Å². The van der Waals surface area contributed by atoms with Gasteiger partial charge in [0.15, 0.2) is 0 Å². The maximum absolute atomic E-state index is 12.0. The molecule has 0 fully saturated rings. The van der Waals surface area contributed by atoms with E-state index in [1.165, 1.54) is 6.20 Å². The Morgan fingerprint density at radius 2 is 2.00 bits per heavy atom. The van der Waals surface area contributed by atoms with Gasteiger partial charge >= 0.3 is 0 Å². The average molecular weight is 309 g/mol. The largest absolute Gasteiger partial charge is 0.383 e. The monoisotopic (exact) mass is 308 g/mol. The Morgan fingerprint density at radius 1 is 1.39 bits per heavy atom. The van der Waals surface area contributed by atoms with Crippen LogP contribution in [0.2, 0.25) is 0 Å². The second kappa shape index (κ2) is 4.81. The van der Waals surface area contributed by atoms with Gasteiger partial charge < -0.3 is 11.1 Å². The van der Waals surface area contributed by atoms with Crippen molar-refractivity contribution < 1.29 is 4.79 Å². The minimum Gasteiger partial charge on any atom is -0.383 e. The molecule has 18 heavy (non-hydrogen) atoms. The molecule has 2 aromatic rings. The summed E-state index contributed by atoms with van der Waals surface area (Å²) in [6.07, 6.45) is 1.41. The molecule has 1 aromatic heterocycles. The molecule has 1 heterocycles. The van der Waals surface area contributed by atoms with Gasteiger partial charge in [-0.15, -0.1) is 0 Å². The van der Waals surface area contributed by atoms with Gasteiger partial charge in [-0.25, -0.2) is 0 Å². The van der Waals surface area contributed by atoms with Crippen LogP contribution in [-0.4, -0.2) is 16.1 Å². The summed E-state index contributed by atoms with van der Waals surface area (Å²) in [5, 5.41) is 9.11. The molecule has 94 valence electrons. The predicted octanol–water partition coefficient (Wildman–Crippen LogP) is 2.62. The van der Waals surface area contributed by atoms with E-state index in [1.54, 1.807) is 0 Å². The highest BCUT2D eigenvalue weighted by molar-refractivity contribution is 9.10. The molecule has 0 aliphatic heterocycles. The Labute approximate surface area is 113 Å². The third-order valence-electron chi connectivity index (χ3n) is 2.65. The first kappa shape index (κ1) is 12.6. The highest BCUT2D eigenvalue weighted by Gasteiger charge is 2.14. The van der Waals surface area contributed by atoms with Gasteiger partial charge in [-0.3, -0.25) is 9.89 Å². The predicted molar refractivity (Wildman–Crippen MR) is 74.6 cm³/mol. The Balaban J connectivity index is 2.31. The van der Waals surface area contributed by atoms with Crippen molar-refractivity contribution in [3.63, 3.8) is 0 Å². The summed E-state index contributed by atoms with van der Waals surface area (Å²) in [5.74, 6) is -0.00492. The number of aromatic nitrogens is 2. The van der Waals surface area contributed by atoms with E-state index >= 15 is 0 Å². The van der Waals surface area contributed by atoms with Crippen LogP contribution >= 0.6 is 15.9 Å². The molecule has 1 amide bonds. The van der Waals surface area contributed by atoms with Crippen molar-refractivity contribution in [2.45, 2.75) is 13.8 Å². The van der Waals surface area contributed by atoms with Crippen molar-refractivity contribution in [3.05, 3.63) is 39.5 Å². The highest BCUT2D eigenvalue weighted by Crippen LogP contribution is 2.25. The van der Waals surface area contributed by atoms with Gasteiger partial charge in [0.25, 0.3) is 5.91 Å². The molecule has 0 saturated heterocycles. The molecular formula is C12H13BrN4O. The number of aromatic amines is 1. The van der Waals surface area contributed by atoms with E-state index < -0.39 is 0 Å². The molecule has 5 nitrogen and oxygen atoms in total. The van der Waals surface area contributed by atoms with Gasteiger partial charge in [0.1, 0.15) is 11.4 Å². The summed E-state index contributed by atoms with van der Waals surface area (Å²) in [7, 11) is 0. The van der Waals surface area contributed by atoms with Gasteiger partial charge in [0.2, 0.25) is 0 Å². The molecule has 0 atom stereocenters. The number of nitrogen functional groups attached to an aromatic ring is 1. The van der Waals surface area contributed by atoms with Gasteiger partial charge in [0, 0.05) is 10.2 Å².